The summed E-state index contributed by atoms with van der Waals surface area (Å²) in [7, 11) is 1.23. The number of rotatable bonds is 3. The fourth-order valence-corrected chi connectivity index (χ4v) is 3.78. The number of ether oxygens (including phenoxy) is 1. The smallest absolute Gasteiger partial charge is 0.355 e. The number of nitrogens with zero attached hydrogens (tertiary/aromatic N) is 3. The van der Waals surface area contributed by atoms with Crippen molar-refractivity contribution in [1.82, 2.24) is 0 Å². The number of halogens is 1. The third-order valence-electron chi connectivity index (χ3n) is 4.79. The number of hydrogen-bond donors (Lipinski definition) is 0. The second kappa shape index (κ2) is 6.87. The van der Waals surface area contributed by atoms with E-state index in [1.165, 1.54) is 12.1 Å². The molecule has 0 aromatic heterocycles. The zero-order valence-electron chi connectivity index (χ0n) is 15.1. The van der Waals surface area contributed by atoms with Crippen LogP contribution in [0.3, 0.4) is 0 Å². The van der Waals surface area contributed by atoms with Gasteiger partial charge >= 0.3 is 5.97 Å². The molecule has 8 heteroatoms. The Labute approximate surface area is 169 Å². The first-order chi connectivity index (χ1) is 13.4. The number of methoxy groups -OCH3 is 1. The molecule has 2 heterocycles. The third-order valence-corrected chi connectivity index (χ3v) is 5.32. The van der Waals surface area contributed by atoms with Gasteiger partial charge in [0, 0.05) is 4.47 Å². The molecular formula is C20H16BrN3O4. The Hall–Kier alpha value is -3.00. The number of anilines is 2. The zero-order chi connectivity index (χ0) is 20.0. The van der Waals surface area contributed by atoms with Gasteiger partial charge in [-0.3, -0.25) is 14.6 Å². The Bertz CT molecular complexity index is 1020. The van der Waals surface area contributed by atoms with E-state index in [-0.39, 0.29) is 5.71 Å². The standard InChI is InChI=1S/C20H16BrN3O4/c1-11-4-3-5-14(10-11)24-17-15(16(22-24)20(27)28-2)18(25)23(19(17)26)13-8-6-12(21)7-9-13/h3-10,15,17H,1-2H3. The second-order valence-electron chi connectivity index (χ2n) is 6.57. The Balaban J connectivity index is 1.81. The summed E-state index contributed by atoms with van der Waals surface area (Å²) in [6, 6.07) is 13.3. The van der Waals surface area contributed by atoms with Gasteiger partial charge in [-0.25, -0.2) is 9.69 Å². The minimum atomic E-state index is -1.01. The van der Waals surface area contributed by atoms with Crippen LogP contribution < -0.4 is 9.91 Å². The van der Waals surface area contributed by atoms with Crippen molar-refractivity contribution in [3.05, 3.63) is 58.6 Å². The van der Waals surface area contributed by atoms with Gasteiger partial charge in [-0.15, -0.1) is 0 Å². The second-order valence-corrected chi connectivity index (χ2v) is 7.49. The van der Waals surface area contributed by atoms with Crippen molar-refractivity contribution in [2.24, 2.45) is 11.0 Å². The predicted octanol–water partition coefficient (Wildman–Crippen LogP) is 2.66. The molecule has 2 atom stereocenters. The van der Waals surface area contributed by atoms with Gasteiger partial charge in [0.1, 0.15) is 12.0 Å². The van der Waals surface area contributed by atoms with Gasteiger partial charge < -0.3 is 4.74 Å². The lowest BCUT2D eigenvalue weighted by Crippen LogP contribution is -2.39. The average Bonchev–Trinajstić information content (AvgIpc) is 3.20. The van der Waals surface area contributed by atoms with Gasteiger partial charge in [-0.05, 0) is 48.9 Å². The molecule has 0 bridgehead atoms. The molecule has 2 aromatic carbocycles. The molecule has 2 amide bonds. The van der Waals surface area contributed by atoms with Crippen molar-refractivity contribution in [3.63, 3.8) is 0 Å². The Morgan fingerprint density at radius 3 is 2.43 bits per heavy atom. The molecule has 1 fully saturated rings. The molecular weight excluding hydrogens is 426 g/mol. The van der Waals surface area contributed by atoms with Gasteiger partial charge in [0.15, 0.2) is 5.71 Å². The Morgan fingerprint density at radius 2 is 1.79 bits per heavy atom. The molecule has 0 radical (unpaired) electrons. The SMILES string of the molecule is COC(=O)C1=NN(c2cccc(C)c2)C2C(=O)N(c3ccc(Br)cc3)C(=O)C12. The summed E-state index contributed by atoms with van der Waals surface area (Å²) in [5.74, 6) is -2.65. The summed E-state index contributed by atoms with van der Waals surface area (Å²) in [5, 5.41) is 5.74. The average molecular weight is 442 g/mol. The summed E-state index contributed by atoms with van der Waals surface area (Å²) >= 11 is 3.34. The van der Waals surface area contributed by atoms with E-state index in [0.717, 1.165) is 14.9 Å². The lowest BCUT2D eigenvalue weighted by molar-refractivity contribution is -0.133. The molecule has 4 rings (SSSR count). The first-order valence-electron chi connectivity index (χ1n) is 8.58. The van der Waals surface area contributed by atoms with E-state index in [1.807, 2.05) is 25.1 Å². The lowest BCUT2D eigenvalue weighted by atomic mass is 9.97. The van der Waals surface area contributed by atoms with Crippen LogP contribution in [0, 0.1) is 12.8 Å². The van der Waals surface area contributed by atoms with E-state index in [2.05, 4.69) is 21.0 Å². The van der Waals surface area contributed by atoms with Crippen LogP contribution in [0.2, 0.25) is 0 Å². The van der Waals surface area contributed by atoms with E-state index in [0.29, 0.717) is 11.4 Å². The number of hydrazone groups is 1. The Morgan fingerprint density at radius 1 is 1.07 bits per heavy atom. The van der Waals surface area contributed by atoms with Crippen molar-refractivity contribution in [2.75, 3.05) is 17.0 Å². The van der Waals surface area contributed by atoms with Gasteiger partial charge in [-0.2, -0.15) is 5.10 Å². The van der Waals surface area contributed by atoms with Crippen LogP contribution in [0.1, 0.15) is 5.56 Å². The van der Waals surface area contributed by atoms with Gasteiger partial charge in [0.2, 0.25) is 5.91 Å². The summed E-state index contributed by atoms with van der Waals surface area (Å²) < 4.78 is 5.63. The summed E-state index contributed by atoms with van der Waals surface area (Å²) in [6.45, 7) is 1.91. The van der Waals surface area contributed by atoms with Crippen LogP contribution in [0.4, 0.5) is 11.4 Å². The van der Waals surface area contributed by atoms with E-state index in [4.69, 9.17) is 4.74 Å². The van der Waals surface area contributed by atoms with Crippen molar-refractivity contribution >= 4 is 50.8 Å². The minimum absolute atomic E-state index is 0.0630. The number of benzene rings is 2. The highest BCUT2D eigenvalue weighted by Gasteiger charge is 2.59. The lowest BCUT2D eigenvalue weighted by Gasteiger charge is -2.22. The highest BCUT2D eigenvalue weighted by molar-refractivity contribution is 9.10. The van der Waals surface area contributed by atoms with E-state index in [9.17, 15) is 14.4 Å². The first kappa shape index (κ1) is 18.4. The maximum absolute atomic E-state index is 13.2. The van der Waals surface area contributed by atoms with Crippen LogP contribution in [0.15, 0.2) is 58.1 Å². The molecule has 28 heavy (non-hydrogen) atoms. The Kier molecular flexibility index (Phi) is 4.50. The number of aryl methyl sites for hydroxylation is 1. The number of carbonyl (C=O) groups excluding carboxylic acids is 3. The van der Waals surface area contributed by atoms with Crippen molar-refractivity contribution < 1.29 is 19.1 Å². The van der Waals surface area contributed by atoms with Gasteiger partial charge in [-0.1, -0.05) is 28.1 Å². The number of carbonyl (C=O) groups is 3. The van der Waals surface area contributed by atoms with Crippen molar-refractivity contribution in [1.29, 1.82) is 0 Å². The maximum Gasteiger partial charge on any atom is 0.355 e. The minimum Gasteiger partial charge on any atom is -0.464 e. The molecule has 2 unspecified atom stereocenters. The molecule has 142 valence electrons. The summed E-state index contributed by atoms with van der Waals surface area (Å²) in [6.07, 6.45) is 0. The highest BCUT2D eigenvalue weighted by atomic mass is 79.9. The number of fused-ring (bicyclic) bond motifs is 1. The normalized spacial score (nSPS) is 21.0. The molecule has 2 aliphatic rings. The van der Waals surface area contributed by atoms with Gasteiger partial charge in [0.05, 0.1) is 18.5 Å². The van der Waals surface area contributed by atoms with E-state index in [1.54, 1.807) is 30.3 Å². The number of esters is 1. The molecule has 0 saturated carbocycles. The fourth-order valence-electron chi connectivity index (χ4n) is 3.52. The molecule has 0 N–H and O–H groups in total. The fraction of sp³-hybridized carbons (Fsp3) is 0.200. The quantitative estimate of drug-likeness (QED) is 0.540. The number of imide groups is 1. The molecule has 0 spiro atoms. The molecule has 1 saturated heterocycles. The van der Waals surface area contributed by atoms with E-state index < -0.39 is 29.7 Å². The summed E-state index contributed by atoms with van der Waals surface area (Å²) in [5.41, 5.74) is 1.98. The summed E-state index contributed by atoms with van der Waals surface area (Å²) in [4.78, 5) is 39.8. The molecule has 7 nitrogen and oxygen atoms in total. The van der Waals surface area contributed by atoms with Crippen LogP contribution in [-0.2, 0) is 19.1 Å². The number of hydrogen-bond acceptors (Lipinski definition) is 6. The van der Waals surface area contributed by atoms with Crippen LogP contribution in [0.25, 0.3) is 0 Å². The van der Waals surface area contributed by atoms with Crippen LogP contribution in [0.5, 0.6) is 0 Å². The third kappa shape index (κ3) is 2.80. The number of amides is 2. The van der Waals surface area contributed by atoms with Crippen LogP contribution in [-0.4, -0.2) is 36.6 Å². The monoisotopic (exact) mass is 441 g/mol. The van der Waals surface area contributed by atoms with Crippen molar-refractivity contribution in [2.45, 2.75) is 13.0 Å². The molecule has 2 aromatic rings. The topological polar surface area (TPSA) is 79.3 Å². The van der Waals surface area contributed by atoms with Crippen molar-refractivity contribution in [3.8, 4) is 0 Å². The van der Waals surface area contributed by atoms with E-state index >= 15 is 0 Å². The largest absolute Gasteiger partial charge is 0.464 e. The zero-order valence-corrected chi connectivity index (χ0v) is 16.7. The maximum atomic E-state index is 13.2. The molecule has 2 aliphatic heterocycles. The van der Waals surface area contributed by atoms with Gasteiger partial charge in [0.25, 0.3) is 5.91 Å². The predicted molar refractivity (Wildman–Crippen MR) is 107 cm³/mol. The van der Waals surface area contributed by atoms with Crippen LogP contribution >= 0.6 is 15.9 Å². The first-order valence-corrected chi connectivity index (χ1v) is 9.38. The highest BCUT2D eigenvalue weighted by Crippen LogP contribution is 2.38. The molecule has 0 aliphatic carbocycles.